The Bertz CT molecular complexity index is 519. The number of benzene rings is 1. The zero-order chi connectivity index (χ0) is 12.5. The van der Waals surface area contributed by atoms with Crippen molar-refractivity contribution in [2.24, 2.45) is 0 Å². The van der Waals surface area contributed by atoms with Gasteiger partial charge in [0.05, 0.1) is 11.8 Å². The second-order valence-electron chi connectivity index (χ2n) is 3.33. The van der Waals surface area contributed by atoms with Gasteiger partial charge in [-0.1, -0.05) is 12.1 Å². The summed E-state index contributed by atoms with van der Waals surface area (Å²) in [6, 6.07) is 4.99. The molecule has 0 saturated heterocycles. The minimum Gasteiger partial charge on any atom is -0.439 e. The number of nitrogens with zero attached hydrogens (tertiary/aromatic N) is 1. The third-order valence-corrected chi connectivity index (χ3v) is 2.17. The summed E-state index contributed by atoms with van der Waals surface area (Å²) in [5, 5.41) is 8.77. The van der Waals surface area contributed by atoms with Gasteiger partial charge in [0.1, 0.15) is 12.4 Å². The van der Waals surface area contributed by atoms with Crippen molar-refractivity contribution in [3.8, 4) is 11.5 Å². The van der Waals surface area contributed by atoms with Gasteiger partial charge < -0.3 is 9.52 Å². The Morgan fingerprint density at radius 2 is 1.94 bits per heavy atom. The van der Waals surface area contributed by atoms with E-state index in [1.54, 1.807) is 0 Å². The second kappa shape index (κ2) is 4.21. The molecule has 3 nitrogen and oxygen atoms in total. The Balaban J connectivity index is 2.52. The summed E-state index contributed by atoms with van der Waals surface area (Å²) in [7, 11) is 0. The molecule has 1 aromatic heterocycles. The predicted octanol–water partition coefficient (Wildman–Crippen LogP) is 2.85. The number of hydrogen-bond donors (Lipinski definition) is 1. The predicted molar refractivity (Wildman–Crippen MR) is 52.9 cm³/mol. The molecule has 0 saturated carbocycles. The van der Waals surface area contributed by atoms with Crippen LogP contribution in [0.15, 0.2) is 34.9 Å². The Kier molecular flexibility index (Phi) is 2.89. The zero-order valence-corrected chi connectivity index (χ0v) is 8.53. The number of aromatic nitrogens is 1. The molecule has 0 atom stereocenters. The summed E-state index contributed by atoms with van der Waals surface area (Å²) in [5.74, 6) is -0.0287. The van der Waals surface area contributed by atoms with Gasteiger partial charge in [-0.05, 0) is 12.1 Å². The molecule has 0 radical (unpaired) electrons. The Labute approximate surface area is 94.5 Å². The van der Waals surface area contributed by atoms with Gasteiger partial charge in [0, 0.05) is 5.56 Å². The largest absolute Gasteiger partial charge is 0.439 e. The van der Waals surface area contributed by atoms with Crippen LogP contribution in [-0.2, 0) is 12.8 Å². The summed E-state index contributed by atoms with van der Waals surface area (Å²) in [6.45, 7) is -0.402. The topological polar surface area (TPSA) is 46.3 Å². The molecule has 0 aliphatic heterocycles. The van der Waals surface area contributed by atoms with Crippen LogP contribution in [0, 0.1) is 0 Å². The molecular formula is C11H8F3NO2. The van der Waals surface area contributed by atoms with Crippen LogP contribution in [0.3, 0.4) is 0 Å². The van der Waals surface area contributed by atoms with E-state index in [4.69, 9.17) is 9.52 Å². The number of aliphatic hydroxyl groups is 1. The van der Waals surface area contributed by atoms with Crippen LogP contribution < -0.4 is 0 Å². The first-order valence-electron chi connectivity index (χ1n) is 4.74. The van der Waals surface area contributed by atoms with Crippen molar-refractivity contribution in [2.75, 3.05) is 0 Å². The van der Waals surface area contributed by atoms with Gasteiger partial charge in [-0.25, -0.2) is 4.98 Å². The molecule has 6 heteroatoms. The van der Waals surface area contributed by atoms with Crippen LogP contribution in [0.1, 0.15) is 11.3 Å². The minimum atomic E-state index is -4.47. The van der Waals surface area contributed by atoms with E-state index in [9.17, 15) is 13.2 Å². The highest BCUT2D eigenvalue weighted by Gasteiger charge is 2.34. The van der Waals surface area contributed by atoms with E-state index in [2.05, 4.69) is 4.98 Å². The van der Waals surface area contributed by atoms with Crippen molar-refractivity contribution < 1.29 is 22.7 Å². The van der Waals surface area contributed by atoms with E-state index in [0.29, 0.717) is 0 Å². The molecule has 0 spiro atoms. The van der Waals surface area contributed by atoms with Crippen molar-refractivity contribution in [3.63, 3.8) is 0 Å². The van der Waals surface area contributed by atoms with E-state index in [0.717, 1.165) is 6.07 Å². The molecule has 0 amide bonds. The van der Waals surface area contributed by atoms with E-state index < -0.39 is 18.3 Å². The molecule has 0 aliphatic rings. The first kappa shape index (κ1) is 11.7. The van der Waals surface area contributed by atoms with E-state index >= 15 is 0 Å². The number of aliphatic hydroxyl groups excluding tert-OH is 1. The Morgan fingerprint density at radius 1 is 1.24 bits per heavy atom. The van der Waals surface area contributed by atoms with Crippen molar-refractivity contribution in [1.82, 2.24) is 4.98 Å². The number of halogens is 3. The fourth-order valence-corrected chi connectivity index (χ4v) is 1.42. The van der Waals surface area contributed by atoms with Gasteiger partial charge in [-0.2, -0.15) is 13.2 Å². The summed E-state index contributed by atoms with van der Waals surface area (Å²) in [6.07, 6.45) is -3.27. The van der Waals surface area contributed by atoms with Gasteiger partial charge in [0.2, 0.25) is 5.89 Å². The zero-order valence-electron chi connectivity index (χ0n) is 8.53. The number of alkyl halides is 3. The van der Waals surface area contributed by atoms with Gasteiger partial charge in [-0.3, -0.25) is 0 Å². The van der Waals surface area contributed by atoms with Gasteiger partial charge in [-0.15, -0.1) is 0 Å². The smallest absolute Gasteiger partial charge is 0.417 e. The SMILES string of the molecule is OCc1cnc(-c2ccccc2C(F)(F)F)o1. The molecular weight excluding hydrogens is 235 g/mol. The van der Waals surface area contributed by atoms with E-state index in [1.807, 2.05) is 0 Å². The summed E-state index contributed by atoms with van der Waals surface area (Å²) in [4.78, 5) is 3.70. The molecule has 90 valence electrons. The maximum absolute atomic E-state index is 12.7. The lowest BCUT2D eigenvalue weighted by molar-refractivity contribution is -0.137. The highest BCUT2D eigenvalue weighted by atomic mass is 19.4. The normalized spacial score (nSPS) is 11.8. The summed E-state index contributed by atoms with van der Waals surface area (Å²) in [5.41, 5.74) is -0.953. The fourth-order valence-electron chi connectivity index (χ4n) is 1.42. The van der Waals surface area contributed by atoms with Crippen LogP contribution in [0.4, 0.5) is 13.2 Å². The lowest BCUT2D eigenvalue weighted by atomic mass is 10.1. The lowest BCUT2D eigenvalue weighted by Crippen LogP contribution is -2.06. The fraction of sp³-hybridized carbons (Fsp3) is 0.182. The standard InChI is InChI=1S/C11H8F3NO2/c12-11(13,14)9-4-2-1-3-8(9)10-15-5-7(6-16)17-10/h1-5,16H,6H2. The molecule has 17 heavy (non-hydrogen) atoms. The van der Waals surface area contributed by atoms with Crippen LogP contribution in [0.5, 0.6) is 0 Å². The molecule has 0 bridgehead atoms. The van der Waals surface area contributed by atoms with Crippen LogP contribution in [0.25, 0.3) is 11.5 Å². The lowest BCUT2D eigenvalue weighted by Gasteiger charge is -2.09. The Hall–Kier alpha value is -1.82. The number of hydrogen-bond acceptors (Lipinski definition) is 3. The van der Waals surface area contributed by atoms with Crippen molar-refractivity contribution >= 4 is 0 Å². The second-order valence-corrected chi connectivity index (χ2v) is 3.33. The van der Waals surface area contributed by atoms with Crippen LogP contribution in [0.2, 0.25) is 0 Å². The van der Waals surface area contributed by atoms with Crippen molar-refractivity contribution in [2.45, 2.75) is 12.8 Å². The highest BCUT2D eigenvalue weighted by Crippen LogP contribution is 2.36. The van der Waals surface area contributed by atoms with Crippen molar-refractivity contribution in [1.29, 1.82) is 0 Å². The molecule has 0 aliphatic carbocycles. The third kappa shape index (κ3) is 2.31. The summed E-state index contributed by atoms with van der Waals surface area (Å²) >= 11 is 0. The third-order valence-electron chi connectivity index (χ3n) is 2.17. The maximum atomic E-state index is 12.7. The average Bonchev–Trinajstić information content (AvgIpc) is 2.76. The molecule has 1 N–H and O–H groups in total. The van der Waals surface area contributed by atoms with Crippen LogP contribution in [-0.4, -0.2) is 10.1 Å². The van der Waals surface area contributed by atoms with E-state index in [1.165, 1.54) is 24.4 Å². The van der Waals surface area contributed by atoms with Crippen molar-refractivity contribution in [3.05, 3.63) is 41.8 Å². The van der Waals surface area contributed by atoms with E-state index in [-0.39, 0.29) is 17.2 Å². The molecule has 2 aromatic rings. The van der Waals surface area contributed by atoms with Crippen LogP contribution >= 0.6 is 0 Å². The van der Waals surface area contributed by atoms with Gasteiger partial charge in [0.15, 0.2) is 0 Å². The summed E-state index contributed by atoms with van der Waals surface area (Å²) < 4.78 is 43.1. The minimum absolute atomic E-state index is 0.122. The first-order chi connectivity index (χ1) is 8.02. The molecule has 1 heterocycles. The molecule has 0 fully saturated rings. The Morgan fingerprint density at radius 3 is 2.53 bits per heavy atom. The molecule has 1 aromatic carbocycles. The number of rotatable bonds is 2. The molecule has 0 unspecified atom stereocenters. The number of oxazole rings is 1. The average molecular weight is 243 g/mol. The molecule has 2 rings (SSSR count). The first-order valence-corrected chi connectivity index (χ1v) is 4.74. The monoisotopic (exact) mass is 243 g/mol. The van der Waals surface area contributed by atoms with Gasteiger partial charge in [0.25, 0.3) is 0 Å². The van der Waals surface area contributed by atoms with Gasteiger partial charge >= 0.3 is 6.18 Å². The quantitative estimate of drug-likeness (QED) is 0.882. The maximum Gasteiger partial charge on any atom is 0.417 e. The highest BCUT2D eigenvalue weighted by molar-refractivity contribution is 5.59.